The molecule has 0 fully saturated rings. The van der Waals surface area contributed by atoms with Crippen molar-refractivity contribution < 1.29 is 35.2 Å². The third kappa shape index (κ3) is 4.79. The van der Waals surface area contributed by atoms with E-state index in [4.69, 9.17) is 5.73 Å². The molecule has 0 unspecified atom stereocenters. The van der Waals surface area contributed by atoms with Crippen LogP contribution >= 0.6 is 0 Å². The van der Waals surface area contributed by atoms with Crippen molar-refractivity contribution in [3.8, 4) is 22.5 Å². The Morgan fingerprint density at radius 2 is 1.79 bits per heavy atom. The molecule has 0 aliphatic heterocycles. The van der Waals surface area contributed by atoms with E-state index in [1.54, 1.807) is 0 Å². The molecule has 9 nitrogen and oxygen atoms in total. The van der Waals surface area contributed by atoms with E-state index in [2.05, 4.69) is 15.1 Å². The number of carbonyl (C=O) groups is 1. The highest BCUT2D eigenvalue weighted by atomic mass is 32.2. The quantitative estimate of drug-likeness (QED) is 0.346. The summed E-state index contributed by atoms with van der Waals surface area (Å²) < 4.78 is 99.5. The Balaban J connectivity index is 1.97. The summed E-state index contributed by atoms with van der Waals surface area (Å²) in [7, 11) is -5.22. The molecule has 0 atom stereocenters. The van der Waals surface area contributed by atoms with Crippen molar-refractivity contribution in [2.45, 2.75) is 18.4 Å². The number of hydrogen-bond donors (Lipinski definition) is 1. The summed E-state index contributed by atoms with van der Waals surface area (Å²) in [6, 6.07) is 4.13. The maximum absolute atomic E-state index is 16.0. The van der Waals surface area contributed by atoms with E-state index in [9.17, 15) is 26.4 Å². The lowest BCUT2D eigenvalue weighted by Crippen LogP contribution is -2.36. The topological polar surface area (TPSA) is 124 Å². The van der Waals surface area contributed by atoms with Gasteiger partial charge in [-0.15, -0.1) is 0 Å². The van der Waals surface area contributed by atoms with Crippen LogP contribution in [-0.4, -0.2) is 40.7 Å². The number of sulfonamides is 1. The van der Waals surface area contributed by atoms with Gasteiger partial charge in [-0.3, -0.25) is 9.48 Å². The Labute approximate surface area is 212 Å². The SMILES string of the molecule is CC(=O)N(c1ccc(F)c(-c2nn(CCF)cc2-c2ccnc(N)n2)c1F)S(=O)(=O)c1cc(F)ccc1F. The van der Waals surface area contributed by atoms with E-state index in [1.807, 2.05) is 0 Å². The molecule has 2 aromatic carbocycles. The van der Waals surface area contributed by atoms with Crippen LogP contribution in [0, 0.1) is 23.3 Å². The van der Waals surface area contributed by atoms with Crippen molar-refractivity contribution >= 4 is 27.6 Å². The van der Waals surface area contributed by atoms with Gasteiger partial charge in [-0.1, -0.05) is 0 Å². The fourth-order valence-electron chi connectivity index (χ4n) is 3.68. The lowest BCUT2D eigenvalue weighted by atomic mass is 10.0. The van der Waals surface area contributed by atoms with Gasteiger partial charge in [-0.05, 0) is 36.4 Å². The smallest absolute Gasteiger partial charge is 0.274 e. The van der Waals surface area contributed by atoms with Crippen molar-refractivity contribution in [1.29, 1.82) is 0 Å². The second-order valence-corrected chi connectivity index (χ2v) is 9.52. The van der Waals surface area contributed by atoms with Crippen LogP contribution in [-0.2, 0) is 21.4 Å². The number of nitrogens with two attached hydrogens (primary N) is 1. The van der Waals surface area contributed by atoms with E-state index >= 15 is 8.78 Å². The van der Waals surface area contributed by atoms with Gasteiger partial charge in [-0.2, -0.15) is 9.40 Å². The molecule has 0 bridgehead atoms. The van der Waals surface area contributed by atoms with Crippen molar-refractivity contribution in [2.75, 3.05) is 16.7 Å². The van der Waals surface area contributed by atoms with Crippen LogP contribution in [0.4, 0.5) is 33.6 Å². The van der Waals surface area contributed by atoms with Crippen molar-refractivity contribution in [3.63, 3.8) is 0 Å². The number of anilines is 2. The number of carbonyl (C=O) groups excluding carboxylic acids is 1. The molecule has 38 heavy (non-hydrogen) atoms. The fraction of sp³-hybridized carbons (Fsp3) is 0.130. The highest BCUT2D eigenvalue weighted by molar-refractivity contribution is 7.93. The Morgan fingerprint density at radius 3 is 2.45 bits per heavy atom. The molecule has 0 radical (unpaired) electrons. The van der Waals surface area contributed by atoms with Gasteiger partial charge in [0.25, 0.3) is 10.0 Å². The molecule has 2 N–H and O–H groups in total. The van der Waals surface area contributed by atoms with E-state index in [-0.39, 0.29) is 28.1 Å². The number of amides is 1. The van der Waals surface area contributed by atoms with Crippen LogP contribution in [0.3, 0.4) is 0 Å². The van der Waals surface area contributed by atoms with Gasteiger partial charge in [0.1, 0.15) is 34.7 Å². The van der Waals surface area contributed by atoms with E-state index in [0.29, 0.717) is 30.3 Å². The van der Waals surface area contributed by atoms with Crippen LogP contribution < -0.4 is 10.0 Å². The van der Waals surface area contributed by atoms with E-state index in [1.165, 1.54) is 18.5 Å². The Hall–Kier alpha value is -4.40. The lowest BCUT2D eigenvalue weighted by Gasteiger charge is -2.23. The van der Waals surface area contributed by atoms with Crippen molar-refractivity contribution in [2.24, 2.45) is 0 Å². The lowest BCUT2D eigenvalue weighted by molar-refractivity contribution is -0.115. The van der Waals surface area contributed by atoms with Crippen molar-refractivity contribution in [3.05, 3.63) is 72.1 Å². The molecule has 0 spiro atoms. The second-order valence-electron chi connectivity index (χ2n) is 7.76. The highest BCUT2D eigenvalue weighted by Crippen LogP contribution is 2.38. The predicted molar refractivity (Wildman–Crippen MR) is 126 cm³/mol. The molecule has 4 aromatic rings. The summed E-state index contributed by atoms with van der Waals surface area (Å²) in [6.07, 6.45) is 2.50. The number of hydrogen-bond acceptors (Lipinski definition) is 7. The standard InChI is InChI=1S/C23H17F5N6O3S/c1-12(35)34(38(36,37)19-10-13(25)2-3-15(19)26)18-5-4-16(27)20(21(18)28)22-14(11-33(32-22)9-7-24)17-6-8-30-23(29)31-17/h2-6,8,10-11H,7,9H2,1H3,(H2,29,30,31). The third-order valence-corrected chi connectivity index (χ3v) is 7.05. The first-order valence-corrected chi connectivity index (χ1v) is 12.1. The number of aromatic nitrogens is 4. The summed E-state index contributed by atoms with van der Waals surface area (Å²) in [5, 5.41) is 4.02. The molecule has 15 heteroatoms. The largest absolute Gasteiger partial charge is 0.368 e. The predicted octanol–water partition coefficient (Wildman–Crippen LogP) is 3.86. The first kappa shape index (κ1) is 26.7. The van der Waals surface area contributed by atoms with E-state index < -0.39 is 67.7 Å². The number of benzene rings is 2. The summed E-state index contributed by atoms with van der Waals surface area (Å²) in [5.74, 6) is -6.84. The zero-order chi connectivity index (χ0) is 27.8. The van der Waals surface area contributed by atoms with Gasteiger partial charge >= 0.3 is 0 Å². The first-order valence-electron chi connectivity index (χ1n) is 10.7. The van der Waals surface area contributed by atoms with Crippen LogP contribution in [0.5, 0.6) is 0 Å². The normalized spacial score (nSPS) is 11.5. The average molecular weight is 552 g/mol. The maximum atomic E-state index is 16.0. The van der Waals surface area contributed by atoms with Gasteiger partial charge in [0.05, 0.1) is 23.5 Å². The van der Waals surface area contributed by atoms with Crippen LogP contribution in [0.2, 0.25) is 0 Å². The molecule has 0 aliphatic carbocycles. The summed E-state index contributed by atoms with van der Waals surface area (Å²) in [4.78, 5) is 18.9. The molecule has 0 saturated heterocycles. The molecule has 0 saturated carbocycles. The highest BCUT2D eigenvalue weighted by Gasteiger charge is 2.35. The van der Waals surface area contributed by atoms with Gasteiger partial charge < -0.3 is 5.73 Å². The molecular formula is C23H17F5N6O3S. The van der Waals surface area contributed by atoms with Crippen LogP contribution in [0.25, 0.3) is 22.5 Å². The number of alkyl halides is 1. The molecule has 1 amide bonds. The van der Waals surface area contributed by atoms with Crippen molar-refractivity contribution in [1.82, 2.24) is 19.7 Å². The molecule has 4 rings (SSSR count). The number of halogens is 5. The minimum Gasteiger partial charge on any atom is -0.368 e. The molecule has 198 valence electrons. The Kier molecular flexibility index (Phi) is 7.13. The first-order chi connectivity index (χ1) is 17.9. The third-order valence-electron chi connectivity index (χ3n) is 5.25. The average Bonchev–Trinajstić information content (AvgIpc) is 3.25. The molecule has 0 aliphatic rings. The zero-order valence-electron chi connectivity index (χ0n) is 19.4. The summed E-state index contributed by atoms with van der Waals surface area (Å²) in [5.41, 5.74) is 3.33. The Morgan fingerprint density at radius 1 is 1.08 bits per heavy atom. The minimum atomic E-state index is -5.22. The van der Waals surface area contributed by atoms with Crippen LogP contribution in [0.1, 0.15) is 6.92 Å². The fourth-order valence-corrected chi connectivity index (χ4v) is 5.19. The maximum Gasteiger partial charge on any atom is 0.274 e. The van der Waals surface area contributed by atoms with Gasteiger partial charge in [-0.25, -0.2) is 40.3 Å². The number of nitrogens with zero attached hydrogens (tertiary/aromatic N) is 5. The van der Waals surface area contributed by atoms with Gasteiger partial charge in [0.15, 0.2) is 5.82 Å². The molecule has 2 aromatic heterocycles. The van der Waals surface area contributed by atoms with E-state index in [0.717, 1.165) is 11.6 Å². The van der Waals surface area contributed by atoms with Gasteiger partial charge in [0.2, 0.25) is 11.9 Å². The number of rotatable bonds is 7. The molecule has 2 heterocycles. The second kappa shape index (κ2) is 10.2. The monoisotopic (exact) mass is 552 g/mol. The number of nitrogen functional groups attached to an aromatic ring is 1. The van der Waals surface area contributed by atoms with Gasteiger partial charge in [0, 0.05) is 24.9 Å². The summed E-state index contributed by atoms with van der Waals surface area (Å²) >= 11 is 0. The summed E-state index contributed by atoms with van der Waals surface area (Å²) in [6.45, 7) is -0.446. The molecular weight excluding hydrogens is 535 g/mol. The zero-order valence-corrected chi connectivity index (χ0v) is 20.2. The van der Waals surface area contributed by atoms with Crippen LogP contribution in [0.15, 0.2) is 53.7 Å². The Bertz CT molecular complexity index is 1660. The minimum absolute atomic E-state index is 0.0177. The number of aryl methyl sites for hydroxylation is 1.